The molecule has 0 aliphatic carbocycles. The van der Waals surface area contributed by atoms with E-state index in [9.17, 15) is 0 Å². The highest BCUT2D eigenvalue weighted by Crippen LogP contribution is 2.16. The van der Waals surface area contributed by atoms with Crippen molar-refractivity contribution in [2.75, 3.05) is 0 Å². The van der Waals surface area contributed by atoms with E-state index >= 15 is 0 Å². The van der Waals surface area contributed by atoms with Gasteiger partial charge in [-0.25, -0.2) is 0 Å². The summed E-state index contributed by atoms with van der Waals surface area (Å²) in [5, 5.41) is 1.55. The van der Waals surface area contributed by atoms with Crippen molar-refractivity contribution in [2.45, 2.75) is 20.3 Å². The van der Waals surface area contributed by atoms with Crippen molar-refractivity contribution in [2.24, 2.45) is 0 Å². The van der Waals surface area contributed by atoms with E-state index in [1.54, 1.807) is 5.20 Å². The second-order valence-corrected chi connectivity index (χ2v) is 4.12. The van der Waals surface area contributed by atoms with Gasteiger partial charge in [-0.1, -0.05) is 48.0 Å². The van der Waals surface area contributed by atoms with Crippen LogP contribution in [-0.4, -0.2) is 10.2 Å². The summed E-state index contributed by atoms with van der Waals surface area (Å²) in [7, 11) is 1.15. The van der Waals surface area contributed by atoms with Crippen LogP contribution in [0.5, 0.6) is 0 Å². The predicted octanol–water partition coefficient (Wildman–Crippen LogP) is 2.19. The van der Waals surface area contributed by atoms with Crippen LogP contribution in [-0.2, 0) is 0 Å². The molecule has 0 unspecified atom stereocenters. The molecule has 1 rings (SSSR count). The molecule has 0 fully saturated rings. The zero-order valence-electron chi connectivity index (χ0n) is 8.09. The molecule has 0 N–H and O–H groups in total. The molecule has 12 heavy (non-hydrogen) atoms. The van der Waals surface area contributed by atoms with Gasteiger partial charge in [-0.15, -0.1) is 0 Å². The molecule has 0 heterocycles. The summed E-state index contributed by atoms with van der Waals surface area (Å²) in [6.45, 7) is 4.45. The van der Waals surface area contributed by atoms with Gasteiger partial charge < -0.3 is 0 Å². The minimum absolute atomic E-state index is 1.15. The second-order valence-electron chi connectivity index (χ2n) is 3.12. The fraction of sp³-hybridized carbons (Fsp3) is 0.273. The molecule has 0 nitrogen and oxygen atoms in total. The van der Waals surface area contributed by atoms with Crippen LogP contribution in [0.15, 0.2) is 35.9 Å². The third-order valence-corrected chi connectivity index (χ3v) is 3.81. The molecule has 0 spiro atoms. The first kappa shape index (κ1) is 9.27. The maximum atomic E-state index is 2.23. The summed E-state index contributed by atoms with van der Waals surface area (Å²) in [4.78, 5) is 0. The summed E-state index contributed by atoms with van der Waals surface area (Å²) in [6, 6.07) is 10.7. The first-order chi connectivity index (χ1) is 5.75. The molecule has 0 atom stereocenters. The highest BCUT2D eigenvalue weighted by molar-refractivity contribution is 6.42. The average molecular weight is 176 g/mol. The number of hydrogen-bond donors (Lipinski definition) is 0. The molecule has 1 heteroatoms. The van der Waals surface area contributed by atoms with Crippen LogP contribution < -0.4 is 0 Å². The van der Waals surface area contributed by atoms with Crippen molar-refractivity contribution in [3.63, 3.8) is 0 Å². The van der Waals surface area contributed by atoms with E-state index in [0.29, 0.717) is 0 Å². The summed E-state index contributed by atoms with van der Waals surface area (Å²) in [6.07, 6.45) is 1.17. The minimum Gasteiger partial charge on any atom is -0.0748 e. The highest BCUT2D eigenvalue weighted by Gasteiger charge is 1.96. The monoisotopic (exact) mass is 176 g/mol. The Hall–Kier alpha value is -0.823. The van der Waals surface area contributed by atoms with Gasteiger partial charge in [0.2, 0.25) is 0 Å². The van der Waals surface area contributed by atoms with E-state index in [2.05, 4.69) is 44.2 Å². The Morgan fingerprint density at radius 3 is 2.33 bits per heavy atom. The number of allylic oxidation sites excluding steroid dienone is 1. The van der Waals surface area contributed by atoms with E-state index in [4.69, 9.17) is 0 Å². The lowest BCUT2D eigenvalue weighted by molar-refractivity contribution is 1.11. The molecule has 0 saturated carbocycles. The molecule has 0 amide bonds. The average Bonchev–Trinajstić information content (AvgIpc) is 2.17. The van der Waals surface area contributed by atoms with Crippen LogP contribution in [0.25, 0.3) is 5.20 Å². The normalized spacial score (nSPS) is 12.8. The second kappa shape index (κ2) is 4.26. The van der Waals surface area contributed by atoms with Crippen LogP contribution in [0.3, 0.4) is 0 Å². The first-order valence-corrected chi connectivity index (χ1v) is 5.47. The number of benzene rings is 1. The van der Waals surface area contributed by atoms with Crippen molar-refractivity contribution < 1.29 is 0 Å². The van der Waals surface area contributed by atoms with Crippen LogP contribution in [0.4, 0.5) is 0 Å². The van der Waals surface area contributed by atoms with Gasteiger partial charge in [0.05, 0.1) is 0 Å². The highest BCUT2D eigenvalue weighted by atomic mass is 28.1. The van der Waals surface area contributed by atoms with Crippen molar-refractivity contribution in [3.05, 3.63) is 41.5 Å². The first-order valence-electron chi connectivity index (χ1n) is 4.47. The lowest BCUT2D eigenvalue weighted by Crippen LogP contribution is -1.87. The Balaban J connectivity index is 3.00. The van der Waals surface area contributed by atoms with Crippen molar-refractivity contribution >= 4 is 15.4 Å². The molecule has 0 aliphatic heterocycles. The van der Waals surface area contributed by atoms with Gasteiger partial charge in [0.25, 0.3) is 0 Å². The quantitative estimate of drug-likeness (QED) is 0.606. The van der Waals surface area contributed by atoms with Gasteiger partial charge >= 0.3 is 0 Å². The van der Waals surface area contributed by atoms with Gasteiger partial charge in [0, 0.05) is 10.2 Å². The van der Waals surface area contributed by atoms with Crippen LogP contribution in [0.1, 0.15) is 25.8 Å². The van der Waals surface area contributed by atoms with Gasteiger partial charge in [-0.3, -0.25) is 0 Å². The molecule has 1 aromatic carbocycles. The Morgan fingerprint density at radius 1 is 1.25 bits per heavy atom. The summed E-state index contributed by atoms with van der Waals surface area (Å²) >= 11 is 0. The van der Waals surface area contributed by atoms with Crippen LogP contribution >= 0.6 is 0 Å². The van der Waals surface area contributed by atoms with E-state index in [1.807, 2.05) is 0 Å². The van der Waals surface area contributed by atoms with Crippen LogP contribution in [0, 0.1) is 0 Å². The van der Waals surface area contributed by atoms with Gasteiger partial charge in [-0.05, 0) is 18.9 Å². The molecule has 64 valence electrons. The topological polar surface area (TPSA) is 0 Å². The number of rotatable bonds is 2. The maximum Gasteiger partial charge on any atom is 0.0392 e. The van der Waals surface area contributed by atoms with Crippen molar-refractivity contribution in [3.8, 4) is 0 Å². The Bertz CT molecular complexity index is 272. The summed E-state index contributed by atoms with van der Waals surface area (Å²) in [5.41, 5.74) is 2.94. The molecule has 1 aromatic rings. The lowest BCUT2D eigenvalue weighted by atomic mass is 10.1. The smallest absolute Gasteiger partial charge is 0.0392 e. The summed E-state index contributed by atoms with van der Waals surface area (Å²) < 4.78 is 0. The lowest BCUT2D eigenvalue weighted by Gasteiger charge is -2.05. The SMILES string of the molecule is CCC(C)=C([SiH3])c1ccccc1. The van der Waals surface area contributed by atoms with Crippen molar-refractivity contribution in [1.29, 1.82) is 0 Å². The fourth-order valence-electron chi connectivity index (χ4n) is 1.20. The van der Waals surface area contributed by atoms with Gasteiger partial charge in [0.1, 0.15) is 0 Å². The third kappa shape index (κ3) is 2.08. The van der Waals surface area contributed by atoms with E-state index in [-0.39, 0.29) is 0 Å². The zero-order valence-corrected chi connectivity index (χ0v) is 10.1. The minimum atomic E-state index is 1.15. The third-order valence-electron chi connectivity index (χ3n) is 2.38. The maximum absolute atomic E-state index is 2.23. The molecule has 0 bridgehead atoms. The number of hydrogen-bond acceptors (Lipinski definition) is 0. The largest absolute Gasteiger partial charge is 0.0748 e. The fourth-order valence-corrected chi connectivity index (χ4v) is 1.89. The molecular formula is C11H16Si. The molecule has 0 aliphatic rings. The van der Waals surface area contributed by atoms with Gasteiger partial charge in [0.15, 0.2) is 0 Å². The Morgan fingerprint density at radius 2 is 1.83 bits per heavy atom. The standard InChI is InChI=1S/C11H16Si/c1-3-9(2)11(12)10-7-5-4-6-8-10/h4-8H,3H2,1-2,12H3. The molecular weight excluding hydrogens is 160 g/mol. The van der Waals surface area contributed by atoms with Gasteiger partial charge in [-0.2, -0.15) is 0 Å². The Kier molecular flexibility index (Phi) is 3.29. The summed E-state index contributed by atoms with van der Waals surface area (Å²) in [5.74, 6) is 0. The van der Waals surface area contributed by atoms with Crippen molar-refractivity contribution in [1.82, 2.24) is 0 Å². The van der Waals surface area contributed by atoms with E-state index in [0.717, 1.165) is 10.2 Å². The molecule has 0 saturated heterocycles. The molecule has 0 aromatic heterocycles. The molecule has 0 radical (unpaired) electrons. The van der Waals surface area contributed by atoms with Crippen LogP contribution in [0.2, 0.25) is 0 Å². The zero-order chi connectivity index (χ0) is 8.97. The predicted molar refractivity (Wildman–Crippen MR) is 59.3 cm³/mol. The van der Waals surface area contributed by atoms with E-state index < -0.39 is 0 Å². The Labute approximate surface area is 77.7 Å². The van der Waals surface area contributed by atoms with E-state index in [1.165, 1.54) is 17.6 Å².